The zero-order valence-electron chi connectivity index (χ0n) is 15.1. The molecule has 27 heavy (non-hydrogen) atoms. The van der Waals surface area contributed by atoms with E-state index < -0.39 is 10.0 Å². The van der Waals surface area contributed by atoms with E-state index in [4.69, 9.17) is 16.1 Å². The fourth-order valence-corrected chi connectivity index (χ4v) is 4.81. The number of aromatic nitrogens is 1. The smallest absolute Gasteiger partial charge is 0.283 e. The predicted octanol–water partition coefficient (Wildman–Crippen LogP) is 0.553. The van der Waals surface area contributed by atoms with Crippen LogP contribution >= 0.6 is 11.6 Å². The van der Waals surface area contributed by atoms with Crippen LogP contribution in [0.25, 0.3) is 0 Å². The topological polar surface area (TPSA) is 97.0 Å². The fourth-order valence-electron chi connectivity index (χ4n) is 3.07. The molecule has 0 aliphatic carbocycles. The number of amides is 1. The van der Waals surface area contributed by atoms with Gasteiger partial charge in [-0.05, 0) is 32.0 Å². The molecule has 0 bridgehead atoms. The van der Waals surface area contributed by atoms with Crippen molar-refractivity contribution in [3.63, 3.8) is 0 Å². The van der Waals surface area contributed by atoms with Crippen LogP contribution in [-0.4, -0.2) is 56.0 Å². The Bertz CT molecular complexity index is 923. The first-order valence-electron chi connectivity index (χ1n) is 8.62. The lowest BCUT2D eigenvalue weighted by atomic mass is 10.2. The Kier molecular flexibility index (Phi) is 5.85. The molecular formula is C17H22ClN4O4S+. The summed E-state index contributed by atoms with van der Waals surface area (Å²) in [5.74, 6) is 0.820. The highest BCUT2D eigenvalue weighted by molar-refractivity contribution is 7.89. The van der Waals surface area contributed by atoms with Gasteiger partial charge in [-0.2, -0.15) is 4.31 Å². The van der Waals surface area contributed by atoms with Gasteiger partial charge in [0, 0.05) is 11.1 Å². The summed E-state index contributed by atoms with van der Waals surface area (Å²) in [6.45, 7) is 5.31. The average Bonchev–Trinajstić information content (AvgIpc) is 3.06. The quantitative estimate of drug-likeness (QED) is 0.746. The molecule has 0 saturated carbocycles. The Morgan fingerprint density at radius 2 is 2.04 bits per heavy atom. The van der Waals surface area contributed by atoms with Gasteiger partial charge in [-0.1, -0.05) is 22.8 Å². The van der Waals surface area contributed by atoms with E-state index in [0.29, 0.717) is 42.8 Å². The van der Waals surface area contributed by atoms with Crippen LogP contribution in [0, 0.1) is 6.92 Å². The number of nitrogens with one attached hydrogen (secondary N) is 2. The van der Waals surface area contributed by atoms with Gasteiger partial charge >= 0.3 is 0 Å². The van der Waals surface area contributed by atoms with Crippen LogP contribution in [0.3, 0.4) is 0 Å². The van der Waals surface area contributed by atoms with E-state index in [9.17, 15) is 13.2 Å². The number of halogens is 1. The van der Waals surface area contributed by atoms with Gasteiger partial charge in [0.2, 0.25) is 10.0 Å². The lowest BCUT2D eigenvalue weighted by molar-refractivity contribution is -0.917. The van der Waals surface area contributed by atoms with Crippen LogP contribution in [0.4, 0.5) is 5.82 Å². The highest BCUT2D eigenvalue weighted by atomic mass is 35.5. The second-order valence-corrected chi connectivity index (χ2v) is 8.93. The van der Waals surface area contributed by atoms with E-state index in [1.54, 1.807) is 25.1 Å². The first-order chi connectivity index (χ1) is 12.8. The maximum Gasteiger partial charge on any atom is 0.283 e. The van der Waals surface area contributed by atoms with Gasteiger partial charge < -0.3 is 14.7 Å². The summed E-state index contributed by atoms with van der Waals surface area (Å²) in [5, 5.41) is 6.86. The second-order valence-electron chi connectivity index (χ2n) is 6.55. The van der Waals surface area contributed by atoms with Gasteiger partial charge in [0.1, 0.15) is 5.76 Å². The average molecular weight is 414 g/mol. The highest BCUT2D eigenvalue weighted by Gasteiger charge is 2.34. The molecule has 1 amide bonds. The van der Waals surface area contributed by atoms with Crippen molar-refractivity contribution in [1.29, 1.82) is 0 Å². The molecule has 2 N–H and O–H groups in total. The third-order valence-corrected chi connectivity index (χ3v) is 6.81. The van der Waals surface area contributed by atoms with Crippen molar-refractivity contribution in [2.45, 2.75) is 24.8 Å². The predicted molar refractivity (Wildman–Crippen MR) is 100 cm³/mol. The molecule has 1 aromatic carbocycles. The van der Waals surface area contributed by atoms with Gasteiger partial charge in [-0.25, -0.2) is 8.42 Å². The molecule has 0 unspecified atom stereocenters. The van der Waals surface area contributed by atoms with Crippen LogP contribution in [0.15, 0.2) is 39.8 Å². The summed E-state index contributed by atoms with van der Waals surface area (Å²) in [7, 11) is -3.59. The van der Waals surface area contributed by atoms with E-state index in [1.165, 1.54) is 16.4 Å². The zero-order chi connectivity index (χ0) is 19.6. The normalized spacial score (nSPS) is 17.6. The molecule has 3 rings (SSSR count). The number of rotatable bonds is 5. The van der Waals surface area contributed by atoms with Crippen LogP contribution in [0.1, 0.15) is 12.7 Å². The Balaban J connectivity index is 1.60. The van der Waals surface area contributed by atoms with Crippen molar-refractivity contribution < 1.29 is 22.6 Å². The molecule has 1 fully saturated rings. The molecule has 0 radical (unpaired) electrons. The first kappa shape index (κ1) is 19.8. The minimum absolute atomic E-state index is 0.176. The van der Waals surface area contributed by atoms with E-state index >= 15 is 0 Å². The summed E-state index contributed by atoms with van der Waals surface area (Å²) in [6, 6.07) is 7.56. The maximum absolute atomic E-state index is 12.8. The number of piperazine rings is 1. The Morgan fingerprint density at radius 1 is 1.33 bits per heavy atom. The molecule has 146 valence electrons. The summed E-state index contributed by atoms with van der Waals surface area (Å²) >= 11 is 5.91. The maximum atomic E-state index is 12.8. The van der Waals surface area contributed by atoms with E-state index in [1.807, 2.05) is 6.92 Å². The van der Waals surface area contributed by atoms with E-state index in [2.05, 4.69) is 10.5 Å². The highest BCUT2D eigenvalue weighted by Crippen LogP contribution is 2.19. The van der Waals surface area contributed by atoms with Crippen LogP contribution in [0.5, 0.6) is 0 Å². The first-order valence-corrected chi connectivity index (χ1v) is 10.4. The lowest BCUT2D eigenvalue weighted by Gasteiger charge is -2.34. The summed E-state index contributed by atoms with van der Waals surface area (Å²) in [4.78, 5) is 13.6. The minimum atomic E-state index is -3.59. The molecule has 2 heterocycles. The van der Waals surface area contributed by atoms with Crippen molar-refractivity contribution in [2.75, 3.05) is 31.5 Å². The van der Waals surface area contributed by atoms with Gasteiger partial charge in [-0.3, -0.25) is 4.79 Å². The standard InChI is InChI=1S/C17H21ClN4O4S/c1-12-10-16(20-26-12)19-17(23)13(2)21-6-8-22(9-7-21)27(24,25)15-5-3-4-14(18)11-15/h3-5,10-11,13H,6-9H2,1-2H3,(H,19,20,23)/p+1/t13-/m0/s1. The number of nitrogens with zero attached hydrogens (tertiary/aromatic N) is 2. The number of sulfonamides is 1. The van der Waals surface area contributed by atoms with Crippen molar-refractivity contribution in [2.24, 2.45) is 0 Å². The Hall–Kier alpha value is -1.94. The zero-order valence-corrected chi connectivity index (χ0v) is 16.7. The monoisotopic (exact) mass is 413 g/mol. The molecule has 1 aliphatic rings. The number of carbonyl (C=O) groups is 1. The van der Waals surface area contributed by atoms with Crippen molar-refractivity contribution in [3.05, 3.63) is 41.1 Å². The summed E-state index contributed by atoms with van der Waals surface area (Å²) < 4.78 is 31.9. The van der Waals surface area contributed by atoms with Crippen molar-refractivity contribution >= 4 is 33.3 Å². The number of quaternary nitrogens is 1. The van der Waals surface area contributed by atoms with Crippen LogP contribution in [-0.2, 0) is 14.8 Å². The molecule has 8 nitrogen and oxygen atoms in total. The van der Waals surface area contributed by atoms with E-state index in [-0.39, 0.29) is 16.8 Å². The Morgan fingerprint density at radius 3 is 2.63 bits per heavy atom. The number of anilines is 1. The molecular weight excluding hydrogens is 392 g/mol. The van der Waals surface area contributed by atoms with Gasteiger partial charge in [-0.15, -0.1) is 0 Å². The minimum Gasteiger partial charge on any atom is -0.360 e. The SMILES string of the molecule is Cc1cc(NC(=O)[C@H](C)[NH+]2CCN(S(=O)(=O)c3cccc(Cl)c3)CC2)no1. The van der Waals surface area contributed by atoms with Gasteiger partial charge in [0.15, 0.2) is 11.9 Å². The van der Waals surface area contributed by atoms with Crippen LogP contribution in [0.2, 0.25) is 5.02 Å². The molecule has 1 aromatic heterocycles. The second kappa shape index (κ2) is 7.97. The largest absolute Gasteiger partial charge is 0.360 e. The molecule has 2 aromatic rings. The van der Waals surface area contributed by atoms with Crippen molar-refractivity contribution in [3.8, 4) is 0 Å². The Labute approximate surface area is 163 Å². The van der Waals surface area contributed by atoms with Crippen molar-refractivity contribution in [1.82, 2.24) is 9.46 Å². The number of hydrogen-bond acceptors (Lipinski definition) is 5. The lowest BCUT2D eigenvalue weighted by Crippen LogP contribution is -3.19. The number of benzene rings is 1. The fraction of sp³-hybridized carbons (Fsp3) is 0.412. The number of carbonyl (C=O) groups excluding carboxylic acids is 1. The molecule has 0 spiro atoms. The van der Waals surface area contributed by atoms with E-state index in [0.717, 1.165) is 4.90 Å². The summed E-state index contributed by atoms with van der Waals surface area (Å²) in [6.07, 6.45) is 0. The third kappa shape index (κ3) is 4.49. The van der Waals surface area contributed by atoms with Crippen LogP contribution < -0.4 is 10.2 Å². The molecule has 1 saturated heterocycles. The molecule has 1 atom stereocenters. The third-order valence-electron chi connectivity index (χ3n) is 4.68. The van der Waals surface area contributed by atoms with Gasteiger partial charge in [0.05, 0.1) is 31.1 Å². The molecule has 1 aliphatic heterocycles. The number of hydrogen-bond donors (Lipinski definition) is 2. The van der Waals surface area contributed by atoms with Gasteiger partial charge in [0.25, 0.3) is 5.91 Å². The molecule has 10 heteroatoms. The summed E-state index contributed by atoms with van der Waals surface area (Å²) in [5.41, 5.74) is 0. The number of aryl methyl sites for hydroxylation is 1.